The van der Waals surface area contributed by atoms with E-state index in [1.54, 1.807) is 12.0 Å². The Bertz CT molecular complexity index is 1020. The molecule has 0 bridgehead atoms. The van der Waals surface area contributed by atoms with Crippen LogP contribution in [-0.2, 0) is 29.6 Å². The van der Waals surface area contributed by atoms with Crippen LogP contribution < -0.4 is 0 Å². The molecule has 7 heteroatoms. The van der Waals surface area contributed by atoms with Crippen molar-refractivity contribution in [1.82, 2.24) is 5.06 Å². The van der Waals surface area contributed by atoms with Crippen molar-refractivity contribution < 1.29 is 23.9 Å². The average molecular weight is 406 g/mol. The van der Waals surface area contributed by atoms with Crippen LogP contribution in [0.25, 0.3) is 0 Å². The fourth-order valence-electron chi connectivity index (χ4n) is 4.16. The number of esters is 2. The second kappa shape index (κ2) is 7.11. The van der Waals surface area contributed by atoms with Gasteiger partial charge in [-0.3, -0.25) is 4.99 Å². The van der Waals surface area contributed by atoms with E-state index in [2.05, 4.69) is 0 Å². The van der Waals surface area contributed by atoms with Crippen molar-refractivity contribution >= 4 is 17.7 Å². The van der Waals surface area contributed by atoms with Crippen LogP contribution in [-0.4, -0.2) is 42.5 Å². The fourth-order valence-corrected chi connectivity index (χ4v) is 4.16. The summed E-state index contributed by atoms with van der Waals surface area (Å²) in [4.78, 5) is 36.4. The van der Waals surface area contributed by atoms with E-state index in [0.717, 1.165) is 11.1 Å². The predicted molar refractivity (Wildman–Crippen MR) is 109 cm³/mol. The molecule has 0 saturated carbocycles. The van der Waals surface area contributed by atoms with Crippen molar-refractivity contribution in [2.24, 2.45) is 4.99 Å². The summed E-state index contributed by atoms with van der Waals surface area (Å²) in [5.41, 5.74) is 0.0733. The molecule has 2 aliphatic rings. The Morgan fingerprint density at radius 3 is 1.87 bits per heavy atom. The molecule has 1 atom stereocenters. The molecule has 0 amide bonds. The first-order chi connectivity index (χ1) is 14.4. The number of hydroxylamine groups is 2. The molecule has 2 aliphatic heterocycles. The number of rotatable bonds is 4. The lowest BCUT2D eigenvalue weighted by molar-refractivity contribution is -0.192. The minimum Gasteiger partial charge on any atom is -0.465 e. The molecule has 30 heavy (non-hydrogen) atoms. The molecule has 0 fully saturated rings. The SMILES string of the molecule is COC(=O)C1=C(C(=O)OC)C2(C)C(C)=NC(c3ccccc3)(c3ccccc3)N2O1. The van der Waals surface area contributed by atoms with Crippen molar-refractivity contribution in [3.05, 3.63) is 83.1 Å². The number of hydrogen-bond donors (Lipinski definition) is 0. The van der Waals surface area contributed by atoms with Gasteiger partial charge in [-0.2, -0.15) is 0 Å². The topological polar surface area (TPSA) is 77.4 Å². The van der Waals surface area contributed by atoms with Gasteiger partial charge in [0.1, 0.15) is 11.1 Å². The molecule has 154 valence electrons. The molecule has 0 N–H and O–H groups in total. The second-order valence-electron chi connectivity index (χ2n) is 7.25. The Morgan fingerprint density at radius 2 is 1.40 bits per heavy atom. The number of nitrogens with zero attached hydrogens (tertiary/aromatic N) is 2. The highest BCUT2D eigenvalue weighted by Crippen LogP contribution is 2.54. The van der Waals surface area contributed by atoms with Crippen molar-refractivity contribution in [1.29, 1.82) is 0 Å². The molecule has 0 saturated heterocycles. The van der Waals surface area contributed by atoms with Gasteiger partial charge < -0.3 is 14.3 Å². The quantitative estimate of drug-likeness (QED) is 0.727. The van der Waals surface area contributed by atoms with Crippen molar-refractivity contribution in [2.75, 3.05) is 14.2 Å². The minimum atomic E-state index is -1.14. The Hall–Kier alpha value is -3.45. The molecular formula is C23H22N2O5. The number of carbonyl (C=O) groups excluding carboxylic acids is 2. The van der Waals surface area contributed by atoms with E-state index in [9.17, 15) is 9.59 Å². The average Bonchev–Trinajstić information content (AvgIpc) is 3.22. The summed E-state index contributed by atoms with van der Waals surface area (Å²) in [5.74, 6) is -1.63. The van der Waals surface area contributed by atoms with E-state index >= 15 is 0 Å². The summed E-state index contributed by atoms with van der Waals surface area (Å²) in [5, 5.41) is 1.60. The minimum absolute atomic E-state index is 0.0619. The third-order valence-corrected chi connectivity index (χ3v) is 5.74. The fraction of sp³-hybridized carbons (Fsp3) is 0.261. The van der Waals surface area contributed by atoms with Crippen LogP contribution in [0, 0.1) is 0 Å². The molecule has 4 rings (SSSR count). The summed E-state index contributed by atoms with van der Waals surface area (Å²) in [6.07, 6.45) is 0. The lowest BCUT2D eigenvalue weighted by Gasteiger charge is -2.39. The number of carbonyl (C=O) groups is 2. The lowest BCUT2D eigenvalue weighted by atomic mass is 9.85. The highest BCUT2D eigenvalue weighted by atomic mass is 16.7. The normalized spacial score (nSPS) is 22.2. The van der Waals surface area contributed by atoms with Gasteiger partial charge in [-0.05, 0) is 13.8 Å². The Kier molecular flexibility index (Phi) is 4.70. The molecule has 7 nitrogen and oxygen atoms in total. The third-order valence-electron chi connectivity index (χ3n) is 5.74. The molecule has 0 aromatic heterocycles. The number of hydrogen-bond acceptors (Lipinski definition) is 7. The number of methoxy groups -OCH3 is 2. The Morgan fingerprint density at radius 1 is 0.900 bits per heavy atom. The number of ether oxygens (including phenoxy) is 2. The molecule has 1 unspecified atom stereocenters. The Labute approximate surface area is 174 Å². The Balaban J connectivity index is 2.01. The summed E-state index contributed by atoms with van der Waals surface area (Å²) < 4.78 is 9.88. The zero-order chi connectivity index (χ0) is 21.5. The van der Waals surface area contributed by atoms with Gasteiger partial charge in [0.2, 0.25) is 5.76 Å². The van der Waals surface area contributed by atoms with Gasteiger partial charge in [0.15, 0.2) is 5.66 Å². The molecule has 2 aromatic rings. The van der Waals surface area contributed by atoms with E-state index in [1.807, 2.05) is 67.6 Å². The van der Waals surface area contributed by atoms with Gasteiger partial charge in [-0.25, -0.2) is 9.59 Å². The first-order valence-electron chi connectivity index (χ1n) is 9.49. The number of benzene rings is 2. The van der Waals surface area contributed by atoms with Crippen LogP contribution >= 0.6 is 0 Å². The summed E-state index contributed by atoms with van der Waals surface area (Å²) in [7, 11) is 2.50. The number of fused-ring (bicyclic) bond motifs is 1. The van der Waals surface area contributed by atoms with E-state index in [0.29, 0.717) is 5.71 Å². The maximum absolute atomic E-state index is 12.8. The van der Waals surface area contributed by atoms with E-state index in [1.165, 1.54) is 14.2 Å². The van der Waals surface area contributed by atoms with E-state index in [4.69, 9.17) is 19.3 Å². The molecular weight excluding hydrogens is 384 g/mol. The van der Waals surface area contributed by atoms with Crippen LogP contribution in [0.5, 0.6) is 0 Å². The van der Waals surface area contributed by atoms with Gasteiger partial charge in [0, 0.05) is 16.8 Å². The first kappa shape index (κ1) is 19.8. The largest absolute Gasteiger partial charge is 0.465 e. The lowest BCUT2D eigenvalue weighted by Crippen LogP contribution is -2.53. The standard InChI is InChI=1S/C23H22N2O5/c1-15-22(2)18(20(26)28-3)19(21(27)29-4)30-25(22)23(24-15,16-11-7-5-8-12-16)17-13-9-6-10-14-17/h5-14H,1-4H3. The molecule has 0 aliphatic carbocycles. The monoisotopic (exact) mass is 406 g/mol. The van der Waals surface area contributed by atoms with Crippen LogP contribution in [0.1, 0.15) is 25.0 Å². The van der Waals surface area contributed by atoms with Crippen LogP contribution in [0.3, 0.4) is 0 Å². The van der Waals surface area contributed by atoms with E-state index < -0.39 is 23.1 Å². The van der Waals surface area contributed by atoms with Gasteiger partial charge in [0.05, 0.1) is 14.2 Å². The highest BCUT2D eigenvalue weighted by Gasteiger charge is 2.66. The number of aliphatic imine (C=N–C) groups is 1. The summed E-state index contributed by atoms with van der Waals surface area (Å²) >= 11 is 0. The van der Waals surface area contributed by atoms with Gasteiger partial charge in [-0.1, -0.05) is 65.7 Å². The summed E-state index contributed by atoms with van der Waals surface area (Å²) in [6, 6.07) is 19.2. The van der Waals surface area contributed by atoms with Gasteiger partial charge in [0.25, 0.3) is 0 Å². The highest BCUT2D eigenvalue weighted by molar-refractivity contribution is 6.11. The maximum Gasteiger partial charge on any atom is 0.376 e. The van der Waals surface area contributed by atoms with Gasteiger partial charge >= 0.3 is 11.9 Å². The van der Waals surface area contributed by atoms with Gasteiger partial charge in [-0.15, -0.1) is 0 Å². The van der Waals surface area contributed by atoms with Crippen LogP contribution in [0.4, 0.5) is 0 Å². The zero-order valence-electron chi connectivity index (χ0n) is 17.2. The molecule has 0 radical (unpaired) electrons. The van der Waals surface area contributed by atoms with Crippen LogP contribution in [0.15, 0.2) is 77.0 Å². The molecule has 2 aromatic carbocycles. The molecule has 2 heterocycles. The molecule has 0 spiro atoms. The first-order valence-corrected chi connectivity index (χ1v) is 9.49. The van der Waals surface area contributed by atoms with Crippen molar-refractivity contribution in [2.45, 2.75) is 25.0 Å². The maximum atomic E-state index is 12.8. The zero-order valence-corrected chi connectivity index (χ0v) is 17.2. The second-order valence-corrected chi connectivity index (χ2v) is 7.25. The summed E-state index contributed by atoms with van der Waals surface area (Å²) in [6.45, 7) is 3.61. The third kappa shape index (κ3) is 2.52. The van der Waals surface area contributed by atoms with Crippen molar-refractivity contribution in [3.8, 4) is 0 Å². The van der Waals surface area contributed by atoms with Crippen LogP contribution in [0.2, 0.25) is 0 Å². The predicted octanol–water partition coefficient (Wildman–Crippen LogP) is 2.97. The smallest absolute Gasteiger partial charge is 0.376 e. The van der Waals surface area contributed by atoms with E-state index in [-0.39, 0.29) is 11.3 Å². The van der Waals surface area contributed by atoms with Crippen molar-refractivity contribution in [3.63, 3.8) is 0 Å².